The maximum atomic E-state index is 12.7. The topological polar surface area (TPSA) is 87.7 Å². The average molecular weight is 342 g/mol. The number of amides is 1. The lowest BCUT2D eigenvalue weighted by atomic mass is 9.98. The van der Waals surface area contributed by atoms with Gasteiger partial charge in [-0.3, -0.25) is 9.78 Å². The van der Waals surface area contributed by atoms with Crippen LogP contribution in [0.3, 0.4) is 0 Å². The van der Waals surface area contributed by atoms with Gasteiger partial charge in [0.25, 0.3) is 5.91 Å². The fourth-order valence-electron chi connectivity index (χ4n) is 2.74. The molecule has 6 heteroatoms. The number of aromatic amines is 1. The molecule has 1 amide bonds. The van der Waals surface area contributed by atoms with Crippen LogP contribution in [-0.2, 0) is 6.42 Å². The molecule has 134 valence electrons. The van der Waals surface area contributed by atoms with E-state index in [1.807, 2.05) is 12.1 Å². The number of carbonyl (C=O) groups excluding carboxylic acids is 1. The molecular weight excluding hydrogens is 316 g/mol. The average Bonchev–Trinajstić information content (AvgIpc) is 2.53. The molecule has 1 atom stereocenters. The fourth-order valence-corrected chi connectivity index (χ4v) is 2.74. The van der Waals surface area contributed by atoms with Gasteiger partial charge < -0.3 is 10.3 Å². The second kappa shape index (κ2) is 8.55. The van der Waals surface area contributed by atoms with Crippen LogP contribution in [0.15, 0.2) is 35.4 Å². The Morgan fingerprint density at radius 1 is 1.24 bits per heavy atom. The molecule has 0 saturated heterocycles. The number of rotatable bonds is 7. The van der Waals surface area contributed by atoms with E-state index in [1.54, 1.807) is 18.5 Å². The molecule has 2 aromatic heterocycles. The highest BCUT2D eigenvalue weighted by molar-refractivity contribution is 5.92. The molecule has 2 rings (SSSR count). The molecule has 2 aromatic rings. The molecule has 0 unspecified atom stereocenters. The smallest absolute Gasteiger partial charge is 0.344 e. The molecule has 0 radical (unpaired) electrons. The highest BCUT2D eigenvalue weighted by atomic mass is 16.2. The van der Waals surface area contributed by atoms with Gasteiger partial charge in [0.2, 0.25) is 0 Å². The summed E-state index contributed by atoms with van der Waals surface area (Å²) < 4.78 is 0. The Balaban J connectivity index is 2.23. The van der Waals surface area contributed by atoms with Crippen LogP contribution in [0.2, 0.25) is 0 Å². The Bertz CT molecular complexity index is 754. The van der Waals surface area contributed by atoms with Gasteiger partial charge in [-0.25, -0.2) is 4.79 Å². The van der Waals surface area contributed by atoms with E-state index in [4.69, 9.17) is 0 Å². The van der Waals surface area contributed by atoms with E-state index in [1.165, 1.54) is 0 Å². The first-order chi connectivity index (χ1) is 11.8. The largest absolute Gasteiger partial charge is 0.345 e. The predicted octanol–water partition coefficient (Wildman–Crippen LogP) is 2.88. The maximum absolute atomic E-state index is 12.7. The van der Waals surface area contributed by atoms with Crippen LogP contribution in [0.4, 0.5) is 0 Å². The van der Waals surface area contributed by atoms with Gasteiger partial charge in [-0.15, -0.1) is 0 Å². The number of H-pyrrole nitrogens is 1. The lowest BCUT2D eigenvalue weighted by Gasteiger charge is -2.20. The summed E-state index contributed by atoms with van der Waals surface area (Å²) in [7, 11) is 0. The first kappa shape index (κ1) is 18.8. The van der Waals surface area contributed by atoms with Crippen molar-refractivity contribution in [2.24, 2.45) is 11.8 Å². The number of aromatic nitrogens is 3. The number of hydrogen-bond acceptors (Lipinski definition) is 4. The van der Waals surface area contributed by atoms with Crippen LogP contribution >= 0.6 is 0 Å². The maximum Gasteiger partial charge on any atom is 0.345 e. The summed E-state index contributed by atoms with van der Waals surface area (Å²) in [6, 6.07) is 5.28. The highest BCUT2D eigenvalue weighted by Gasteiger charge is 2.19. The van der Waals surface area contributed by atoms with Crippen LogP contribution in [0.25, 0.3) is 0 Å². The van der Waals surface area contributed by atoms with Gasteiger partial charge in [0.05, 0.1) is 6.04 Å². The normalized spacial score (nSPS) is 12.4. The Morgan fingerprint density at radius 2 is 2.00 bits per heavy atom. The quantitative estimate of drug-likeness (QED) is 0.810. The van der Waals surface area contributed by atoms with Crippen molar-refractivity contribution in [2.75, 3.05) is 0 Å². The minimum Gasteiger partial charge on any atom is -0.344 e. The minimum atomic E-state index is -0.495. The summed E-state index contributed by atoms with van der Waals surface area (Å²) >= 11 is 0. The third-order valence-corrected chi connectivity index (χ3v) is 3.76. The molecule has 0 fully saturated rings. The van der Waals surface area contributed by atoms with Gasteiger partial charge in [-0.2, -0.15) is 4.98 Å². The van der Waals surface area contributed by atoms with Crippen molar-refractivity contribution in [3.63, 3.8) is 0 Å². The van der Waals surface area contributed by atoms with Gasteiger partial charge in [-0.05, 0) is 42.4 Å². The number of carbonyl (C=O) groups is 1. The lowest BCUT2D eigenvalue weighted by molar-refractivity contribution is 0.0926. The molecule has 2 N–H and O–H groups in total. The first-order valence-corrected chi connectivity index (χ1v) is 8.66. The van der Waals surface area contributed by atoms with E-state index < -0.39 is 5.69 Å². The van der Waals surface area contributed by atoms with E-state index in [-0.39, 0.29) is 17.6 Å². The number of nitrogens with zero attached hydrogens (tertiary/aromatic N) is 2. The van der Waals surface area contributed by atoms with Crippen LogP contribution in [0.1, 0.15) is 61.9 Å². The molecule has 2 heterocycles. The van der Waals surface area contributed by atoms with Crippen molar-refractivity contribution >= 4 is 5.91 Å². The first-order valence-electron chi connectivity index (χ1n) is 8.66. The summed E-state index contributed by atoms with van der Waals surface area (Å²) in [5.41, 5.74) is 1.32. The molecule has 0 spiro atoms. The van der Waals surface area contributed by atoms with Crippen LogP contribution in [0.5, 0.6) is 0 Å². The van der Waals surface area contributed by atoms with E-state index >= 15 is 0 Å². The van der Waals surface area contributed by atoms with Crippen molar-refractivity contribution < 1.29 is 4.79 Å². The molecular formula is C19H26N4O2. The van der Waals surface area contributed by atoms with E-state index in [2.05, 4.69) is 48.0 Å². The molecule has 6 nitrogen and oxygen atoms in total. The number of hydrogen-bond donors (Lipinski definition) is 2. The van der Waals surface area contributed by atoms with Crippen molar-refractivity contribution in [3.05, 3.63) is 58.0 Å². The van der Waals surface area contributed by atoms with E-state index in [0.717, 1.165) is 17.7 Å². The molecule has 0 saturated carbocycles. The third-order valence-electron chi connectivity index (χ3n) is 3.76. The Hall–Kier alpha value is -2.50. The Kier molecular flexibility index (Phi) is 6.44. The second-order valence-corrected chi connectivity index (χ2v) is 7.14. The molecule has 0 aliphatic carbocycles. The SMILES string of the molecule is CC(C)Cc1cc(C(=O)N[C@H](CC(C)C)c2cccnc2)nc(=O)[nH]1. The third kappa shape index (κ3) is 5.81. The van der Waals surface area contributed by atoms with Crippen LogP contribution < -0.4 is 11.0 Å². The molecule has 0 aromatic carbocycles. The lowest BCUT2D eigenvalue weighted by Crippen LogP contribution is -2.32. The van der Waals surface area contributed by atoms with Crippen molar-refractivity contribution in [1.82, 2.24) is 20.3 Å². The van der Waals surface area contributed by atoms with Gasteiger partial charge in [-0.1, -0.05) is 33.8 Å². The number of nitrogens with one attached hydrogen (secondary N) is 2. The van der Waals surface area contributed by atoms with Crippen LogP contribution in [-0.4, -0.2) is 20.9 Å². The molecule has 0 aliphatic rings. The summed E-state index contributed by atoms with van der Waals surface area (Å²) in [6.07, 6.45) is 4.92. The zero-order valence-corrected chi connectivity index (χ0v) is 15.2. The van der Waals surface area contributed by atoms with Gasteiger partial charge in [0.1, 0.15) is 5.69 Å². The summed E-state index contributed by atoms with van der Waals surface area (Å²) in [6.45, 7) is 8.31. The minimum absolute atomic E-state index is 0.150. The monoisotopic (exact) mass is 342 g/mol. The summed E-state index contributed by atoms with van der Waals surface area (Å²) in [5, 5.41) is 2.99. The Morgan fingerprint density at radius 3 is 2.60 bits per heavy atom. The van der Waals surface area contributed by atoms with Crippen molar-refractivity contribution in [1.29, 1.82) is 0 Å². The van der Waals surface area contributed by atoms with Crippen molar-refractivity contribution in [2.45, 2.75) is 46.6 Å². The molecule has 25 heavy (non-hydrogen) atoms. The predicted molar refractivity (Wildman–Crippen MR) is 97.3 cm³/mol. The standard InChI is InChI=1S/C19H26N4O2/c1-12(2)8-15-10-17(23-19(25)21-15)18(24)22-16(9-13(3)4)14-6-5-7-20-11-14/h5-7,10-13,16H,8-9H2,1-4H3,(H,22,24)(H,21,23,25)/t16-/m1/s1. The highest BCUT2D eigenvalue weighted by Crippen LogP contribution is 2.21. The molecule has 0 bridgehead atoms. The van der Waals surface area contributed by atoms with Gasteiger partial charge >= 0.3 is 5.69 Å². The zero-order chi connectivity index (χ0) is 18.4. The van der Waals surface area contributed by atoms with Gasteiger partial charge in [0.15, 0.2) is 0 Å². The van der Waals surface area contributed by atoms with Crippen molar-refractivity contribution in [3.8, 4) is 0 Å². The zero-order valence-electron chi connectivity index (χ0n) is 15.2. The number of pyridine rings is 1. The van der Waals surface area contributed by atoms with E-state index in [9.17, 15) is 9.59 Å². The summed E-state index contributed by atoms with van der Waals surface area (Å²) in [4.78, 5) is 35.1. The molecule has 0 aliphatic heterocycles. The fraction of sp³-hybridized carbons (Fsp3) is 0.474. The Labute approximate surface area is 148 Å². The van der Waals surface area contributed by atoms with Crippen LogP contribution in [0, 0.1) is 11.8 Å². The van der Waals surface area contributed by atoms with E-state index in [0.29, 0.717) is 18.3 Å². The van der Waals surface area contributed by atoms with Gasteiger partial charge in [0, 0.05) is 18.1 Å². The summed E-state index contributed by atoms with van der Waals surface area (Å²) in [5.74, 6) is 0.429. The second-order valence-electron chi connectivity index (χ2n) is 7.14.